The van der Waals surface area contributed by atoms with Crippen LogP contribution < -0.4 is 0 Å². The first-order valence-electron chi connectivity index (χ1n) is 5.40. The molecule has 0 atom stereocenters. The van der Waals surface area contributed by atoms with E-state index in [2.05, 4.69) is 39.0 Å². The molecule has 0 fully saturated rings. The van der Waals surface area contributed by atoms with E-state index in [0.717, 1.165) is 10.3 Å². The van der Waals surface area contributed by atoms with Crippen LogP contribution in [0.3, 0.4) is 0 Å². The Morgan fingerprint density at radius 2 is 2.00 bits per heavy atom. The van der Waals surface area contributed by atoms with Gasteiger partial charge in [-0.15, -0.1) is 11.3 Å². The summed E-state index contributed by atoms with van der Waals surface area (Å²) in [5.41, 5.74) is 1.53. The van der Waals surface area contributed by atoms with Crippen molar-refractivity contribution in [2.24, 2.45) is 0 Å². The largest absolute Gasteiger partial charge is 0.141 e. The summed E-state index contributed by atoms with van der Waals surface area (Å²) in [7, 11) is 0. The Morgan fingerprint density at radius 3 is 2.64 bits per heavy atom. The standard InChI is InChI=1S/C13H16S/c1-9-7-10-5-6-11(13(2,3)4)8-12(10)14-9/h5-8H,1-4H3/i7D. The van der Waals surface area contributed by atoms with E-state index in [1.54, 1.807) is 11.3 Å². The highest BCUT2D eigenvalue weighted by atomic mass is 32.1. The molecule has 0 aliphatic carbocycles. The molecule has 74 valence electrons. The lowest BCUT2D eigenvalue weighted by Crippen LogP contribution is -2.10. The predicted octanol–water partition coefficient (Wildman–Crippen LogP) is 4.51. The summed E-state index contributed by atoms with van der Waals surface area (Å²) in [6, 6.07) is 7.15. The van der Waals surface area contributed by atoms with Gasteiger partial charge in [0.1, 0.15) is 0 Å². The monoisotopic (exact) mass is 205 g/mol. The van der Waals surface area contributed by atoms with Crippen molar-refractivity contribution in [3.63, 3.8) is 0 Å². The van der Waals surface area contributed by atoms with Gasteiger partial charge in [0.15, 0.2) is 0 Å². The van der Waals surface area contributed by atoms with Crippen molar-refractivity contribution in [2.45, 2.75) is 33.1 Å². The smallest absolute Gasteiger partial charge is 0.0641 e. The zero-order valence-corrected chi connectivity index (χ0v) is 9.96. The fraction of sp³-hybridized carbons (Fsp3) is 0.385. The molecule has 0 aliphatic heterocycles. The van der Waals surface area contributed by atoms with Crippen LogP contribution in [0.15, 0.2) is 24.2 Å². The SMILES string of the molecule is [2H]c1c(C)sc2cc(C(C)(C)C)ccc12. The summed E-state index contributed by atoms with van der Waals surface area (Å²) in [5, 5.41) is 1.09. The number of thiophene rings is 1. The lowest BCUT2D eigenvalue weighted by atomic mass is 9.87. The highest BCUT2D eigenvalue weighted by Crippen LogP contribution is 2.30. The fourth-order valence-electron chi connectivity index (χ4n) is 1.56. The molecule has 14 heavy (non-hydrogen) atoms. The molecule has 0 spiro atoms. The third-order valence-electron chi connectivity index (χ3n) is 2.42. The van der Waals surface area contributed by atoms with Crippen molar-refractivity contribution in [1.29, 1.82) is 0 Å². The van der Waals surface area contributed by atoms with Crippen molar-refractivity contribution in [1.82, 2.24) is 0 Å². The van der Waals surface area contributed by atoms with E-state index in [4.69, 9.17) is 1.37 Å². The number of hydrogen-bond acceptors (Lipinski definition) is 1. The fourth-order valence-corrected chi connectivity index (χ4v) is 2.46. The van der Waals surface area contributed by atoms with Crippen molar-refractivity contribution in [2.75, 3.05) is 0 Å². The lowest BCUT2D eigenvalue weighted by Gasteiger charge is -2.18. The van der Waals surface area contributed by atoms with Crippen LogP contribution in [-0.4, -0.2) is 0 Å². The molecule has 2 aromatic rings. The normalized spacial score (nSPS) is 13.3. The van der Waals surface area contributed by atoms with Crippen LogP contribution in [0, 0.1) is 6.92 Å². The van der Waals surface area contributed by atoms with Gasteiger partial charge in [0.2, 0.25) is 0 Å². The second-order valence-corrected chi connectivity index (χ2v) is 6.00. The number of fused-ring (bicyclic) bond motifs is 1. The maximum Gasteiger partial charge on any atom is 0.0641 e. The minimum absolute atomic E-state index is 0.189. The van der Waals surface area contributed by atoms with E-state index in [1.807, 2.05) is 6.92 Å². The molecule has 0 saturated heterocycles. The average Bonchev–Trinajstić information content (AvgIpc) is 2.41. The number of benzene rings is 1. The average molecular weight is 205 g/mol. The molecule has 0 aliphatic rings. The summed E-state index contributed by atoms with van der Waals surface area (Å²) < 4.78 is 9.15. The minimum Gasteiger partial charge on any atom is -0.141 e. The van der Waals surface area contributed by atoms with Crippen LogP contribution >= 0.6 is 11.3 Å². The summed E-state index contributed by atoms with van der Waals surface area (Å²) >= 11 is 1.72. The van der Waals surface area contributed by atoms with Crippen LogP contribution in [-0.2, 0) is 5.41 Å². The molecule has 0 amide bonds. The first kappa shape index (κ1) is 8.49. The van der Waals surface area contributed by atoms with Crippen molar-refractivity contribution < 1.29 is 1.37 Å². The van der Waals surface area contributed by atoms with Gasteiger partial charge in [0, 0.05) is 9.58 Å². The van der Waals surface area contributed by atoms with Crippen LogP contribution in [0.25, 0.3) is 10.1 Å². The zero-order chi connectivity index (χ0) is 11.2. The van der Waals surface area contributed by atoms with Crippen LogP contribution in [0.2, 0.25) is 0 Å². The Bertz CT molecular complexity index is 503. The van der Waals surface area contributed by atoms with Crippen molar-refractivity contribution in [3.05, 3.63) is 34.7 Å². The van der Waals surface area contributed by atoms with Gasteiger partial charge in [-0.3, -0.25) is 0 Å². The second-order valence-electron chi connectivity index (χ2n) is 4.74. The van der Waals surface area contributed by atoms with E-state index >= 15 is 0 Å². The van der Waals surface area contributed by atoms with E-state index in [9.17, 15) is 0 Å². The Balaban J connectivity index is 2.67. The van der Waals surface area contributed by atoms with Crippen molar-refractivity contribution in [3.8, 4) is 0 Å². The van der Waals surface area contributed by atoms with E-state index in [1.165, 1.54) is 10.3 Å². The molecule has 1 heteroatoms. The van der Waals surface area contributed by atoms with Gasteiger partial charge in [-0.05, 0) is 35.4 Å². The van der Waals surface area contributed by atoms with Gasteiger partial charge in [0.05, 0.1) is 1.37 Å². The molecule has 0 bridgehead atoms. The molecule has 0 saturated carbocycles. The van der Waals surface area contributed by atoms with E-state index < -0.39 is 0 Å². The molecule has 1 heterocycles. The first-order chi connectivity index (χ1) is 6.89. The summed E-state index contributed by atoms with van der Waals surface area (Å²) in [6.45, 7) is 8.67. The molecular formula is C13H16S. The zero-order valence-electron chi connectivity index (χ0n) is 10.1. The maximum absolute atomic E-state index is 7.91. The summed E-state index contributed by atoms with van der Waals surface area (Å²) in [5.74, 6) is 0. The van der Waals surface area contributed by atoms with Crippen molar-refractivity contribution >= 4 is 21.4 Å². The van der Waals surface area contributed by atoms with Gasteiger partial charge < -0.3 is 0 Å². The number of hydrogen-bond donors (Lipinski definition) is 0. The molecule has 0 N–H and O–H groups in total. The Labute approximate surface area is 91.0 Å². The van der Waals surface area contributed by atoms with Crippen LogP contribution in [0.4, 0.5) is 0 Å². The van der Waals surface area contributed by atoms with Crippen LogP contribution in [0.5, 0.6) is 0 Å². The summed E-state index contributed by atoms with van der Waals surface area (Å²) in [6.07, 6.45) is 0. The maximum atomic E-state index is 7.91. The minimum atomic E-state index is 0.189. The molecule has 2 rings (SSSR count). The number of rotatable bonds is 0. The third kappa shape index (κ3) is 1.69. The first-order valence-corrected chi connectivity index (χ1v) is 5.71. The third-order valence-corrected chi connectivity index (χ3v) is 3.39. The molecule has 0 radical (unpaired) electrons. The van der Waals surface area contributed by atoms with Gasteiger partial charge in [-0.25, -0.2) is 0 Å². The van der Waals surface area contributed by atoms with Crippen LogP contribution in [0.1, 0.15) is 32.6 Å². The molecule has 1 aromatic carbocycles. The highest BCUT2D eigenvalue weighted by Gasteiger charge is 2.13. The molecular weight excluding hydrogens is 188 g/mol. The predicted molar refractivity (Wildman–Crippen MR) is 65.3 cm³/mol. The van der Waals surface area contributed by atoms with E-state index in [-0.39, 0.29) is 5.41 Å². The Hall–Kier alpha value is -0.820. The molecule has 0 nitrogen and oxygen atoms in total. The topological polar surface area (TPSA) is 0 Å². The second kappa shape index (κ2) is 3.09. The van der Waals surface area contributed by atoms with Gasteiger partial charge in [-0.2, -0.15) is 0 Å². The molecule has 0 unspecified atom stereocenters. The van der Waals surface area contributed by atoms with Gasteiger partial charge in [0.25, 0.3) is 0 Å². The Morgan fingerprint density at radius 1 is 1.29 bits per heavy atom. The summed E-state index contributed by atoms with van der Waals surface area (Å²) in [4.78, 5) is 1.11. The quantitative estimate of drug-likeness (QED) is 0.593. The van der Waals surface area contributed by atoms with Gasteiger partial charge in [-0.1, -0.05) is 32.9 Å². The molecule has 1 aromatic heterocycles. The number of aryl methyl sites for hydroxylation is 1. The Kier molecular flexibility index (Phi) is 1.88. The lowest BCUT2D eigenvalue weighted by molar-refractivity contribution is 0.591. The highest BCUT2D eigenvalue weighted by molar-refractivity contribution is 7.19. The van der Waals surface area contributed by atoms with E-state index in [0.29, 0.717) is 6.04 Å². The van der Waals surface area contributed by atoms with Gasteiger partial charge >= 0.3 is 0 Å².